The predicted molar refractivity (Wildman–Crippen MR) is 112 cm³/mol. The zero-order valence-corrected chi connectivity index (χ0v) is 17.5. The monoisotopic (exact) mass is 433 g/mol. The van der Waals surface area contributed by atoms with Crippen molar-refractivity contribution in [3.8, 4) is 11.6 Å². The zero-order chi connectivity index (χ0) is 20.6. The van der Waals surface area contributed by atoms with E-state index in [0.29, 0.717) is 11.5 Å². The van der Waals surface area contributed by atoms with Crippen LogP contribution in [-0.4, -0.2) is 59.0 Å². The van der Waals surface area contributed by atoms with E-state index >= 15 is 0 Å². The van der Waals surface area contributed by atoms with Gasteiger partial charge >= 0.3 is 5.24 Å². The molecule has 152 valence electrons. The van der Waals surface area contributed by atoms with Gasteiger partial charge in [0, 0.05) is 24.9 Å². The molecule has 0 saturated carbocycles. The molecule has 1 N–H and O–H groups in total. The molecule has 4 rings (SSSR count). The summed E-state index contributed by atoms with van der Waals surface area (Å²) in [5, 5.41) is 5.52. The van der Waals surface area contributed by atoms with Gasteiger partial charge < -0.3 is 8.98 Å². The second kappa shape index (κ2) is 7.65. The summed E-state index contributed by atoms with van der Waals surface area (Å²) in [6.45, 7) is 0.268. The molecule has 11 heteroatoms. The van der Waals surface area contributed by atoms with Crippen LogP contribution >= 0.6 is 11.8 Å². The van der Waals surface area contributed by atoms with Crippen LogP contribution in [-0.2, 0) is 17.1 Å². The number of nitrogens with one attached hydrogen (secondary N) is 1. The number of amides is 1. The summed E-state index contributed by atoms with van der Waals surface area (Å²) in [5.74, 6) is 1.86. The van der Waals surface area contributed by atoms with Crippen LogP contribution in [0, 0.1) is 0 Å². The molecule has 29 heavy (non-hydrogen) atoms. The molecule has 0 bridgehead atoms. The lowest BCUT2D eigenvalue weighted by Crippen LogP contribution is -2.36. The number of aryl methyl sites for hydroxylation is 1. The first-order chi connectivity index (χ1) is 13.8. The second-order valence-corrected chi connectivity index (χ2v) is 9.33. The van der Waals surface area contributed by atoms with Gasteiger partial charge in [0.05, 0.1) is 35.8 Å². The van der Waals surface area contributed by atoms with Gasteiger partial charge in [0.25, 0.3) is 0 Å². The van der Waals surface area contributed by atoms with E-state index in [1.165, 1.54) is 5.01 Å². The van der Waals surface area contributed by atoms with Crippen molar-refractivity contribution in [1.29, 1.82) is 0 Å². The van der Waals surface area contributed by atoms with Gasteiger partial charge in [0.1, 0.15) is 0 Å². The first-order valence-corrected chi connectivity index (χ1v) is 11.7. The molecule has 1 amide bonds. The molecule has 1 aliphatic heterocycles. The Morgan fingerprint density at radius 3 is 2.86 bits per heavy atom. The molecule has 9 nitrogen and oxygen atoms in total. The van der Waals surface area contributed by atoms with Crippen LogP contribution in [0.25, 0.3) is 22.6 Å². The van der Waals surface area contributed by atoms with E-state index < -0.39 is 10.0 Å². The minimum Gasteiger partial charge on any atom is -0.461 e. The van der Waals surface area contributed by atoms with Crippen molar-refractivity contribution in [3.05, 3.63) is 42.2 Å². The van der Waals surface area contributed by atoms with Crippen LogP contribution < -0.4 is 4.72 Å². The largest absolute Gasteiger partial charge is 0.461 e. The number of sulfonamides is 1. The molecule has 0 fully saturated rings. The molecule has 0 aliphatic carbocycles. The van der Waals surface area contributed by atoms with Crippen LogP contribution in [0.4, 0.5) is 4.79 Å². The van der Waals surface area contributed by atoms with Crippen molar-refractivity contribution in [3.63, 3.8) is 0 Å². The van der Waals surface area contributed by atoms with Gasteiger partial charge in [0.15, 0.2) is 11.6 Å². The topological polar surface area (TPSA) is 110 Å². The first-order valence-electron chi connectivity index (χ1n) is 8.79. The molecular formula is C18H19N5O4S2. The number of rotatable bonds is 6. The predicted octanol–water partition coefficient (Wildman–Crippen LogP) is 2.26. The van der Waals surface area contributed by atoms with Crippen molar-refractivity contribution in [2.75, 3.05) is 25.1 Å². The highest BCUT2D eigenvalue weighted by Gasteiger charge is 2.23. The molecular weight excluding hydrogens is 414 g/mol. The molecule has 2 aromatic heterocycles. The van der Waals surface area contributed by atoms with Gasteiger partial charge in [-0.15, -0.1) is 0 Å². The third-order valence-corrected chi connectivity index (χ3v) is 6.03. The van der Waals surface area contributed by atoms with Crippen LogP contribution in [0.1, 0.15) is 5.56 Å². The number of benzene rings is 1. The molecule has 0 spiro atoms. The minimum atomic E-state index is -3.31. The van der Waals surface area contributed by atoms with Crippen LogP contribution in [0.15, 0.2) is 46.1 Å². The third-order valence-electron chi connectivity index (χ3n) is 4.43. The number of aromatic nitrogens is 2. The maximum absolute atomic E-state index is 12.1. The Balaban J connectivity index is 1.61. The van der Waals surface area contributed by atoms with E-state index in [1.807, 2.05) is 41.9 Å². The van der Waals surface area contributed by atoms with Gasteiger partial charge in [-0.3, -0.25) is 4.79 Å². The highest BCUT2D eigenvalue weighted by atomic mass is 32.2. The smallest absolute Gasteiger partial charge is 0.302 e. The van der Waals surface area contributed by atoms with Gasteiger partial charge in [-0.2, -0.15) is 5.10 Å². The number of thioether (sulfide) groups is 1. The van der Waals surface area contributed by atoms with E-state index in [0.717, 1.165) is 46.2 Å². The van der Waals surface area contributed by atoms with Crippen molar-refractivity contribution in [1.82, 2.24) is 19.3 Å². The fourth-order valence-corrected chi connectivity index (χ4v) is 4.27. The highest BCUT2D eigenvalue weighted by Crippen LogP contribution is 2.26. The maximum Gasteiger partial charge on any atom is 0.302 e. The van der Waals surface area contributed by atoms with E-state index in [2.05, 4.69) is 14.8 Å². The Kier molecular flexibility index (Phi) is 5.19. The molecule has 3 aromatic rings. The molecule has 1 aliphatic rings. The lowest BCUT2D eigenvalue weighted by Gasteiger charge is -2.23. The summed E-state index contributed by atoms with van der Waals surface area (Å²) < 4.78 is 32.2. The molecule has 0 unspecified atom stereocenters. The normalized spacial score (nSPS) is 15.2. The number of hydrogen-bond donors (Lipinski definition) is 1. The maximum atomic E-state index is 12.1. The van der Waals surface area contributed by atoms with Crippen molar-refractivity contribution in [2.45, 2.75) is 0 Å². The Labute approximate surface area is 171 Å². The Bertz CT molecular complexity index is 1200. The number of carbonyl (C=O) groups is 1. The summed E-state index contributed by atoms with van der Waals surface area (Å²) in [6.07, 6.45) is 2.69. The summed E-state index contributed by atoms with van der Waals surface area (Å²) in [6, 6.07) is 9.52. The quantitative estimate of drug-likeness (QED) is 0.639. The summed E-state index contributed by atoms with van der Waals surface area (Å²) >= 11 is 1.14. The van der Waals surface area contributed by atoms with E-state index in [9.17, 15) is 13.2 Å². The summed E-state index contributed by atoms with van der Waals surface area (Å²) in [7, 11) is -1.39. The van der Waals surface area contributed by atoms with Crippen molar-refractivity contribution >= 4 is 43.8 Å². The standard InChI is InChI=1S/C18H19N5O4S2/c1-22-15-6-5-12(10-13(15)20-17(22)16-4-3-9-27-16)14-11-28-18(24)23(21-14)8-7-19-29(2,25)26/h3-6,9-10,19H,7-8,11H2,1-2H3. The van der Waals surface area contributed by atoms with Crippen molar-refractivity contribution in [2.24, 2.45) is 12.1 Å². The second-order valence-electron chi connectivity index (χ2n) is 6.57. The SMILES string of the molecule is Cn1c(-c2ccco2)nc2cc(C3=NN(CCNS(C)(=O)=O)C(=O)SC3)ccc21. The number of nitrogens with zero attached hydrogens (tertiary/aromatic N) is 4. The average molecular weight is 434 g/mol. The van der Waals surface area contributed by atoms with Crippen LogP contribution in [0.2, 0.25) is 0 Å². The van der Waals surface area contributed by atoms with E-state index in [1.54, 1.807) is 6.26 Å². The fourth-order valence-electron chi connectivity index (χ4n) is 3.04. The lowest BCUT2D eigenvalue weighted by atomic mass is 10.1. The first kappa shape index (κ1) is 19.7. The van der Waals surface area contributed by atoms with Crippen LogP contribution in [0.5, 0.6) is 0 Å². The van der Waals surface area contributed by atoms with E-state index in [-0.39, 0.29) is 18.3 Å². The Hall–Kier alpha value is -2.63. The highest BCUT2D eigenvalue weighted by molar-refractivity contribution is 8.14. The van der Waals surface area contributed by atoms with Gasteiger partial charge in [-0.05, 0) is 24.3 Å². The third kappa shape index (κ3) is 4.21. The molecule has 1 aromatic carbocycles. The fraction of sp³-hybridized carbons (Fsp3) is 0.278. The minimum absolute atomic E-state index is 0.105. The lowest BCUT2D eigenvalue weighted by molar-refractivity contribution is 0.225. The molecule has 3 heterocycles. The Morgan fingerprint density at radius 1 is 1.31 bits per heavy atom. The van der Waals surface area contributed by atoms with Gasteiger partial charge in [-0.25, -0.2) is 23.1 Å². The number of hydrogen-bond acceptors (Lipinski definition) is 7. The molecule has 0 saturated heterocycles. The Morgan fingerprint density at radius 2 is 2.14 bits per heavy atom. The molecule has 0 atom stereocenters. The molecule has 0 radical (unpaired) electrons. The summed E-state index contributed by atoms with van der Waals surface area (Å²) in [5.41, 5.74) is 3.35. The van der Waals surface area contributed by atoms with Crippen molar-refractivity contribution < 1.29 is 17.6 Å². The van der Waals surface area contributed by atoms with Crippen LogP contribution in [0.3, 0.4) is 0 Å². The van der Waals surface area contributed by atoms with Gasteiger partial charge in [0.2, 0.25) is 10.0 Å². The average Bonchev–Trinajstić information content (AvgIpc) is 3.30. The number of hydrazone groups is 1. The number of carbonyl (C=O) groups excluding carboxylic acids is 1. The number of imidazole rings is 1. The number of furan rings is 1. The zero-order valence-electron chi connectivity index (χ0n) is 15.8. The number of fused-ring (bicyclic) bond motifs is 1. The van der Waals surface area contributed by atoms with E-state index in [4.69, 9.17) is 4.42 Å². The van der Waals surface area contributed by atoms with Gasteiger partial charge in [-0.1, -0.05) is 17.8 Å². The summed E-state index contributed by atoms with van der Waals surface area (Å²) in [4.78, 5) is 16.8.